The Bertz CT molecular complexity index is 1610. The van der Waals surface area contributed by atoms with Crippen molar-refractivity contribution in [2.24, 2.45) is 0 Å². The van der Waals surface area contributed by atoms with Gasteiger partial charge in [-0.05, 0) is 29.8 Å². The maximum Gasteiger partial charge on any atom is 0.389 e. The van der Waals surface area contributed by atoms with E-state index < -0.39 is 54.9 Å². The monoisotopic (exact) mass is 622 g/mol. The van der Waals surface area contributed by atoms with Crippen LogP contribution >= 0.6 is 11.3 Å². The summed E-state index contributed by atoms with van der Waals surface area (Å²) in [5.41, 5.74) is 2.62. The summed E-state index contributed by atoms with van der Waals surface area (Å²) in [5, 5.41) is 7.20. The third kappa shape index (κ3) is 6.82. The molecule has 3 N–H and O–H groups in total. The molecule has 0 bridgehead atoms. The lowest BCUT2D eigenvalue weighted by molar-refractivity contribution is -0.139. The van der Waals surface area contributed by atoms with Gasteiger partial charge >= 0.3 is 6.18 Å². The van der Waals surface area contributed by atoms with Gasteiger partial charge in [-0.3, -0.25) is 9.59 Å². The summed E-state index contributed by atoms with van der Waals surface area (Å²) in [6.07, 6.45) is -7.99. The van der Waals surface area contributed by atoms with Gasteiger partial charge in [0.1, 0.15) is 17.5 Å². The number of thiazole rings is 1. The van der Waals surface area contributed by atoms with Crippen molar-refractivity contribution >= 4 is 40.5 Å². The van der Waals surface area contributed by atoms with Crippen molar-refractivity contribution in [1.29, 1.82) is 0 Å². The van der Waals surface area contributed by atoms with E-state index in [4.69, 9.17) is 0 Å². The number of likely N-dealkylation sites (N-methyl/N-ethyl adjacent to an activating group) is 1. The van der Waals surface area contributed by atoms with Gasteiger partial charge in [0.15, 0.2) is 0 Å². The Hall–Kier alpha value is -4.40. The molecule has 2 amide bonds. The number of carbonyl (C=O) groups is 2. The van der Waals surface area contributed by atoms with E-state index in [0.29, 0.717) is 11.4 Å². The van der Waals surface area contributed by atoms with Crippen LogP contribution in [0.25, 0.3) is 11.3 Å². The third-order valence-corrected chi connectivity index (χ3v) is 7.54. The summed E-state index contributed by atoms with van der Waals surface area (Å²) in [5.74, 6) is -3.97. The zero-order chi connectivity index (χ0) is 30.9. The Morgan fingerprint density at radius 3 is 2.56 bits per heavy atom. The number of aromatic nitrogens is 3. The number of benzene rings is 1. The van der Waals surface area contributed by atoms with Crippen LogP contribution in [0.1, 0.15) is 46.3 Å². The highest BCUT2D eigenvalue weighted by Gasteiger charge is 2.41. The van der Waals surface area contributed by atoms with E-state index in [1.54, 1.807) is 10.9 Å². The molecule has 4 heterocycles. The Labute approximate surface area is 245 Å². The lowest BCUT2D eigenvalue weighted by Crippen LogP contribution is -2.38. The van der Waals surface area contributed by atoms with Gasteiger partial charge in [-0.15, -0.1) is 11.3 Å². The quantitative estimate of drug-likeness (QED) is 0.176. The highest BCUT2D eigenvalue weighted by Crippen LogP contribution is 2.44. The van der Waals surface area contributed by atoms with Crippen LogP contribution < -0.4 is 10.6 Å². The van der Waals surface area contributed by atoms with E-state index in [1.165, 1.54) is 53.7 Å². The number of carbonyl (C=O) groups excluding carboxylic acids is 2. The zero-order valence-electron chi connectivity index (χ0n) is 22.4. The number of nitrogens with one attached hydrogen (secondary N) is 3. The number of fused-ring (bicyclic) bond motifs is 1. The van der Waals surface area contributed by atoms with E-state index in [1.807, 2.05) is 0 Å². The summed E-state index contributed by atoms with van der Waals surface area (Å²) in [4.78, 5) is 38.9. The summed E-state index contributed by atoms with van der Waals surface area (Å²) in [7, 11) is 1.42. The smallest absolute Gasteiger partial charge is 0.356 e. The first-order valence-corrected chi connectivity index (χ1v) is 13.9. The van der Waals surface area contributed by atoms with E-state index in [9.17, 15) is 35.9 Å². The van der Waals surface area contributed by atoms with Crippen molar-refractivity contribution in [1.82, 2.24) is 19.9 Å². The number of hydrogen-bond acceptors (Lipinski definition) is 6. The molecule has 0 saturated carbocycles. The molecule has 1 aromatic carbocycles. The molecule has 1 aliphatic heterocycles. The minimum Gasteiger partial charge on any atom is -0.356 e. The van der Waals surface area contributed by atoms with E-state index in [0.717, 1.165) is 12.1 Å². The van der Waals surface area contributed by atoms with Gasteiger partial charge in [-0.25, -0.2) is 23.1 Å². The number of pyridine rings is 1. The normalized spacial score (nSPS) is 15.9. The molecule has 2 atom stereocenters. The Morgan fingerprint density at radius 2 is 1.91 bits per heavy atom. The van der Waals surface area contributed by atoms with Crippen molar-refractivity contribution in [3.05, 3.63) is 76.1 Å². The molecule has 3 aromatic heterocycles. The van der Waals surface area contributed by atoms with Gasteiger partial charge < -0.3 is 20.5 Å². The fraction of sp³-hybridized carbons (Fsp3) is 0.286. The Balaban J connectivity index is 1.53. The van der Waals surface area contributed by atoms with Crippen LogP contribution in [-0.2, 0) is 4.79 Å². The number of nitrogens with zero attached hydrogens (tertiary/aromatic N) is 3. The number of aromatic amines is 1. The maximum atomic E-state index is 13.5. The molecule has 1 unspecified atom stereocenters. The molecule has 43 heavy (non-hydrogen) atoms. The average Bonchev–Trinajstić information content (AvgIpc) is 3.59. The number of rotatable bonds is 9. The van der Waals surface area contributed by atoms with Gasteiger partial charge in [0.25, 0.3) is 5.91 Å². The van der Waals surface area contributed by atoms with Crippen LogP contribution in [-0.4, -0.2) is 57.9 Å². The van der Waals surface area contributed by atoms with Gasteiger partial charge in [-0.2, -0.15) is 13.2 Å². The summed E-state index contributed by atoms with van der Waals surface area (Å²) in [6, 6.07) is 7.54. The highest BCUT2D eigenvalue weighted by molar-refractivity contribution is 7.07. The second kappa shape index (κ2) is 12.1. The molecule has 5 rings (SSSR count). The van der Waals surface area contributed by atoms with Crippen LogP contribution in [0.2, 0.25) is 0 Å². The minimum atomic E-state index is -4.50. The van der Waals surface area contributed by atoms with Crippen molar-refractivity contribution < 1.29 is 35.9 Å². The van der Waals surface area contributed by atoms with Crippen molar-refractivity contribution in [3.63, 3.8) is 0 Å². The van der Waals surface area contributed by atoms with Crippen LogP contribution in [0.5, 0.6) is 0 Å². The molecule has 226 valence electrons. The molecular formula is C28H24F6N6O2S. The predicted octanol–water partition coefficient (Wildman–Crippen LogP) is 6.92. The van der Waals surface area contributed by atoms with Crippen LogP contribution in [0.15, 0.2) is 53.5 Å². The number of alkyl halides is 5. The van der Waals surface area contributed by atoms with Crippen LogP contribution in [0, 0.1) is 5.82 Å². The van der Waals surface area contributed by atoms with Crippen molar-refractivity contribution in [3.8, 4) is 11.3 Å². The second-order valence-electron chi connectivity index (χ2n) is 10.0. The minimum absolute atomic E-state index is 0.0294. The summed E-state index contributed by atoms with van der Waals surface area (Å²) in [6.45, 7) is -0.159. The maximum absolute atomic E-state index is 13.5. The molecule has 0 aliphatic carbocycles. The lowest BCUT2D eigenvalue weighted by Gasteiger charge is -2.30. The number of amides is 2. The van der Waals surface area contributed by atoms with Crippen molar-refractivity contribution in [2.45, 2.75) is 37.3 Å². The topological polar surface area (TPSA) is 103 Å². The van der Waals surface area contributed by atoms with Crippen molar-refractivity contribution in [2.75, 3.05) is 24.2 Å². The number of hydrogen-bond donors (Lipinski definition) is 3. The van der Waals surface area contributed by atoms with Crippen LogP contribution in [0.3, 0.4) is 0 Å². The molecule has 4 aromatic rings. The van der Waals surface area contributed by atoms with Gasteiger partial charge in [0.2, 0.25) is 12.3 Å². The SMILES string of the molecule is CN1C[C@H](CC(F)(F)F)c2[nH]c(-c3ccnc(NC(=O)C(CC(F)F)c4ccc(F)cc4)c3)c(Nc3cscn3)c2C1=O. The molecular weight excluding hydrogens is 598 g/mol. The summed E-state index contributed by atoms with van der Waals surface area (Å²) >= 11 is 1.27. The largest absolute Gasteiger partial charge is 0.389 e. The molecule has 0 spiro atoms. The van der Waals surface area contributed by atoms with E-state index >= 15 is 0 Å². The fourth-order valence-electron chi connectivity index (χ4n) is 5.07. The number of H-pyrrole nitrogens is 1. The molecule has 15 heteroatoms. The molecule has 0 fully saturated rings. The Morgan fingerprint density at radius 1 is 1.16 bits per heavy atom. The number of anilines is 3. The Kier molecular flexibility index (Phi) is 8.44. The molecule has 0 saturated heterocycles. The summed E-state index contributed by atoms with van der Waals surface area (Å²) < 4.78 is 80.6. The first kappa shape index (κ1) is 30.1. The van der Waals surface area contributed by atoms with Crippen LogP contribution in [0.4, 0.5) is 43.7 Å². The van der Waals surface area contributed by atoms with Gasteiger partial charge in [0, 0.05) is 48.8 Å². The first-order valence-electron chi connectivity index (χ1n) is 12.9. The zero-order valence-corrected chi connectivity index (χ0v) is 23.2. The molecule has 1 aliphatic rings. The second-order valence-corrected chi connectivity index (χ2v) is 10.7. The highest BCUT2D eigenvalue weighted by atomic mass is 32.1. The molecule has 8 nitrogen and oxygen atoms in total. The molecule has 0 radical (unpaired) electrons. The third-order valence-electron chi connectivity index (χ3n) is 6.96. The standard InChI is InChI=1S/C28H24F6N6O2S/c1-40-11-16(10-28(32,33)34)23-22(27(40)42)25(37-21-12-43-13-36-21)24(39-23)15-6-7-35-20(8-15)38-26(41)18(9-19(30)31)14-2-4-17(29)5-3-14/h2-8,12-13,16,18-19,37,39H,9-11H2,1H3,(H,35,38,41)/t16-,18?/m0/s1. The van der Waals surface area contributed by atoms with E-state index in [2.05, 4.69) is 25.6 Å². The van der Waals surface area contributed by atoms with E-state index in [-0.39, 0.29) is 40.6 Å². The number of halogens is 6. The van der Waals surface area contributed by atoms with Gasteiger partial charge in [0.05, 0.1) is 34.8 Å². The first-order chi connectivity index (χ1) is 20.4. The fourth-order valence-corrected chi connectivity index (χ4v) is 5.55. The average molecular weight is 623 g/mol. The van der Waals surface area contributed by atoms with Gasteiger partial charge in [-0.1, -0.05) is 12.1 Å². The lowest BCUT2D eigenvalue weighted by atomic mass is 9.92. The predicted molar refractivity (Wildman–Crippen MR) is 148 cm³/mol.